The maximum Gasteiger partial charge on any atom is 0.325 e. The fourth-order valence-corrected chi connectivity index (χ4v) is 4.81. The summed E-state index contributed by atoms with van der Waals surface area (Å²) in [5.41, 5.74) is 4.22. The zero-order chi connectivity index (χ0) is 22.0. The summed E-state index contributed by atoms with van der Waals surface area (Å²) in [5, 5.41) is 13.3. The second-order valence-corrected chi connectivity index (χ2v) is 8.19. The molecular formula is C22H23N3O5S. The zero-order valence-electron chi connectivity index (χ0n) is 17.0. The number of anilines is 1. The van der Waals surface area contributed by atoms with E-state index in [-0.39, 0.29) is 12.6 Å². The molecule has 9 heteroatoms. The summed E-state index contributed by atoms with van der Waals surface area (Å²) in [4.78, 5) is 11.1. The number of benzene rings is 2. The van der Waals surface area contributed by atoms with E-state index in [2.05, 4.69) is 5.10 Å². The Morgan fingerprint density at radius 2 is 1.84 bits per heavy atom. The average molecular weight is 442 g/mol. The molecule has 2 aromatic carbocycles. The molecule has 162 valence electrons. The number of rotatable bonds is 7. The molecule has 0 fully saturated rings. The Kier molecular flexibility index (Phi) is 6.06. The Balaban J connectivity index is 1.64. The van der Waals surface area contributed by atoms with Gasteiger partial charge in [0.05, 0.1) is 25.0 Å². The average Bonchev–Trinajstić information content (AvgIpc) is 3.17. The molecule has 2 unspecified atom stereocenters. The van der Waals surface area contributed by atoms with E-state index in [0.29, 0.717) is 18.5 Å². The van der Waals surface area contributed by atoms with Crippen molar-refractivity contribution in [3.63, 3.8) is 0 Å². The number of carbonyl (C=O) groups is 1. The molecule has 0 amide bonds. The first-order valence-electron chi connectivity index (χ1n) is 9.89. The number of hydrogen-bond acceptors (Lipinski definition) is 4. The van der Waals surface area contributed by atoms with Crippen LogP contribution in [0.1, 0.15) is 30.1 Å². The number of methoxy groups -OCH3 is 1. The summed E-state index contributed by atoms with van der Waals surface area (Å²) >= 11 is -2.25. The molecule has 2 atom stereocenters. The van der Waals surface area contributed by atoms with Gasteiger partial charge in [-0.05, 0) is 54.7 Å². The van der Waals surface area contributed by atoms with Crippen LogP contribution in [-0.4, -0.2) is 36.7 Å². The Hall–Kier alpha value is -3.17. The van der Waals surface area contributed by atoms with Gasteiger partial charge < -0.3 is 9.84 Å². The van der Waals surface area contributed by atoms with Crippen LogP contribution in [0, 0.1) is 0 Å². The molecule has 3 aromatic rings. The lowest BCUT2D eigenvalue weighted by Gasteiger charge is -2.33. The Morgan fingerprint density at radius 1 is 1.19 bits per heavy atom. The van der Waals surface area contributed by atoms with Crippen LogP contribution >= 0.6 is 0 Å². The first-order valence-corrected chi connectivity index (χ1v) is 11.0. The summed E-state index contributed by atoms with van der Waals surface area (Å²) in [6.07, 6.45) is 3.77. The highest BCUT2D eigenvalue weighted by Crippen LogP contribution is 2.38. The fourth-order valence-electron chi connectivity index (χ4n) is 4.07. The predicted molar refractivity (Wildman–Crippen MR) is 117 cm³/mol. The van der Waals surface area contributed by atoms with E-state index < -0.39 is 17.2 Å². The van der Waals surface area contributed by atoms with Crippen molar-refractivity contribution in [1.82, 2.24) is 9.78 Å². The second-order valence-electron chi connectivity index (χ2n) is 7.34. The zero-order valence-corrected chi connectivity index (χ0v) is 17.8. The predicted octanol–water partition coefficient (Wildman–Crippen LogP) is 3.66. The van der Waals surface area contributed by atoms with Gasteiger partial charge in [-0.2, -0.15) is 5.10 Å². The summed E-state index contributed by atoms with van der Waals surface area (Å²) in [6.45, 7) is -0.221. The van der Waals surface area contributed by atoms with Crippen molar-refractivity contribution >= 4 is 22.9 Å². The van der Waals surface area contributed by atoms with E-state index in [4.69, 9.17) is 9.84 Å². The summed E-state index contributed by atoms with van der Waals surface area (Å²) in [5.74, 6) is -0.191. The molecule has 1 aliphatic rings. The van der Waals surface area contributed by atoms with Crippen molar-refractivity contribution in [2.75, 3.05) is 11.4 Å². The molecule has 0 aliphatic heterocycles. The molecule has 0 bridgehead atoms. The van der Waals surface area contributed by atoms with Crippen LogP contribution in [0.4, 0.5) is 5.69 Å². The maximum atomic E-state index is 12.3. The largest absolute Gasteiger partial charge is 0.497 e. The molecule has 31 heavy (non-hydrogen) atoms. The lowest BCUT2D eigenvalue weighted by molar-refractivity contribution is -0.137. The van der Waals surface area contributed by atoms with Crippen molar-refractivity contribution in [2.24, 2.45) is 0 Å². The van der Waals surface area contributed by atoms with Crippen molar-refractivity contribution in [3.8, 4) is 16.9 Å². The molecule has 0 saturated heterocycles. The number of aliphatic carboxylic acids is 1. The molecule has 0 saturated carbocycles. The molecule has 0 radical (unpaired) electrons. The minimum absolute atomic E-state index is 0.221. The third-order valence-electron chi connectivity index (χ3n) is 5.51. The Morgan fingerprint density at radius 3 is 2.42 bits per heavy atom. The molecule has 4 rings (SSSR count). The first kappa shape index (κ1) is 21.1. The number of hydrogen-bond donors (Lipinski definition) is 2. The van der Waals surface area contributed by atoms with E-state index in [1.165, 1.54) is 8.99 Å². The third kappa shape index (κ3) is 4.33. The Bertz CT molecular complexity index is 1100. The van der Waals surface area contributed by atoms with Crippen molar-refractivity contribution in [2.45, 2.75) is 31.8 Å². The molecule has 2 N–H and O–H groups in total. The van der Waals surface area contributed by atoms with Crippen LogP contribution in [0.2, 0.25) is 0 Å². The highest BCUT2D eigenvalue weighted by molar-refractivity contribution is 7.80. The maximum absolute atomic E-state index is 12.3. The molecule has 1 heterocycles. The van der Waals surface area contributed by atoms with E-state index in [1.807, 2.05) is 48.5 Å². The van der Waals surface area contributed by atoms with E-state index in [9.17, 15) is 13.6 Å². The van der Waals surface area contributed by atoms with Crippen LogP contribution in [0.5, 0.6) is 5.75 Å². The van der Waals surface area contributed by atoms with Gasteiger partial charge in [0.1, 0.15) is 12.3 Å². The third-order valence-corrected chi connectivity index (χ3v) is 6.31. The van der Waals surface area contributed by atoms with Gasteiger partial charge in [0, 0.05) is 11.3 Å². The summed E-state index contributed by atoms with van der Waals surface area (Å²) < 4.78 is 30.5. The minimum atomic E-state index is -2.25. The molecular weight excluding hydrogens is 418 g/mol. The van der Waals surface area contributed by atoms with E-state index in [1.54, 1.807) is 13.3 Å². The van der Waals surface area contributed by atoms with Crippen LogP contribution < -0.4 is 9.04 Å². The smallest absolute Gasteiger partial charge is 0.325 e. The minimum Gasteiger partial charge on any atom is -0.497 e. The topological polar surface area (TPSA) is 105 Å². The highest BCUT2D eigenvalue weighted by Gasteiger charge is 2.32. The SMILES string of the molecule is COc1ccc(-c2ccc(N(C3CCCc4c3cnn4CC(=O)O)S(=O)O)cc2)cc1. The van der Waals surface area contributed by atoms with Gasteiger partial charge in [0.2, 0.25) is 0 Å². The van der Waals surface area contributed by atoms with Crippen LogP contribution in [-0.2, 0) is 29.0 Å². The normalized spacial score (nSPS) is 16.4. The van der Waals surface area contributed by atoms with Gasteiger partial charge in [-0.3, -0.25) is 18.3 Å². The van der Waals surface area contributed by atoms with Gasteiger partial charge in [-0.15, -0.1) is 0 Å². The number of ether oxygens (including phenoxy) is 1. The van der Waals surface area contributed by atoms with Crippen LogP contribution in [0.3, 0.4) is 0 Å². The van der Waals surface area contributed by atoms with Crippen molar-refractivity contribution in [3.05, 3.63) is 66.0 Å². The quantitative estimate of drug-likeness (QED) is 0.542. The van der Waals surface area contributed by atoms with Crippen molar-refractivity contribution < 1.29 is 23.4 Å². The van der Waals surface area contributed by atoms with Gasteiger partial charge >= 0.3 is 5.97 Å². The van der Waals surface area contributed by atoms with Crippen LogP contribution in [0.25, 0.3) is 11.1 Å². The van der Waals surface area contributed by atoms with E-state index >= 15 is 0 Å². The molecule has 1 aromatic heterocycles. The van der Waals surface area contributed by atoms with Gasteiger partial charge in [0.25, 0.3) is 11.3 Å². The monoisotopic (exact) mass is 441 g/mol. The van der Waals surface area contributed by atoms with Crippen molar-refractivity contribution in [1.29, 1.82) is 0 Å². The fraction of sp³-hybridized carbons (Fsp3) is 0.273. The molecule has 1 aliphatic carbocycles. The molecule has 0 spiro atoms. The second kappa shape index (κ2) is 8.91. The number of nitrogens with zero attached hydrogens (tertiary/aromatic N) is 3. The lowest BCUT2D eigenvalue weighted by Crippen LogP contribution is -2.33. The van der Waals surface area contributed by atoms with Gasteiger partial charge in [-0.1, -0.05) is 24.3 Å². The standard InChI is InChI=1S/C22H23N3O5S/c1-30-18-11-7-16(8-12-18)15-5-9-17(10-6-15)25(31(28)29)21-4-2-3-20-19(21)13-23-24(20)14-22(26)27/h5-13,21H,2-4,14H2,1H3,(H,26,27)(H,28,29). The summed E-state index contributed by atoms with van der Waals surface area (Å²) in [6, 6.07) is 14.8. The Labute approximate surface area is 182 Å². The van der Waals surface area contributed by atoms with Gasteiger partial charge in [-0.25, -0.2) is 4.21 Å². The first-order chi connectivity index (χ1) is 15.0. The molecule has 8 nitrogen and oxygen atoms in total. The number of aromatic nitrogens is 2. The highest BCUT2D eigenvalue weighted by atomic mass is 32.2. The number of carboxylic acids is 1. The number of carboxylic acid groups (broad SMARTS) is 1. The van der Waals surface area contributed by atoms with E-state index in [0.717, 1.165) is 34.6 Å². The summed E-state index contributed by atoms with van der Waals surface area (Å²) in [7, 11) is 1.62. The van der Waals surface area contributed by atoms with Crippen LogP contribution in [0.15, 0.2) is 54.7 Å². The van der Waals surface area contributed by atoms with Gasteiger partial charge in [0.15, 0.2) is 0 Å². The number of fused-ring (bicyclic) bond motifs is 1. The lowest BCUT2D eigenvalue weighted by atomic mass is 9.92.